The Balaban J connectivity index is 2.15. The van der Waals surface area contributed by atoms with Gasteiger partial charge < -0.3 is 4.74 Å². The fourth-order valence-electron chi connectivity index (χ4n) is 1.54. The number of halogens is 1. The average molecular weight is 273 g/mol. The summed E-state index contributed by atoms with van der Waals surface area (Å²) in [6.07, 6.45) is 3.38. The molecule has 0 fully saturated rings. The molecule has 0 amide bonds. The lowest BCUT2D eigenvalue weighted by Gasteiger charge is -2.08. The van der Waals surface area contributed by atoms with Crippen LogP contribution in [0.3, 0.4) is 0 Å². The third-order valence-electron chi connectivity index (χ3n) is 2.40. The van der Waals surface area contributed by atoms with E-state index in [1.54, 1.807) is 18.5 Å². The molecule has 0 N–H and O–H groups in total. The molecule has 0 spiro atoms. The van der Waals surface area contributed by atoms with Gasteiger partial charge in [0.1, 0.15) is 12.4 Å². The van der Waals surface area contributed by atoms with Crippen molar-refractivity contribution in [1.29, 1.82) is 0 Å². The fourth-order valence-corrected chi connectivity index (χ4v) is 1.61. The van der Waals surface area contributed by atoms with Crippen LogP contribution in [0.5, 0.6) is 5.75 Å². The van der Waals surface area contributed by atoms with Gasteiger partial charge in [-0.2, -0.15) is 0 Å². The van der Waals surface area contributed by atoms with Gasteiger partial charge in [-0.25, -0.2) is 9.97 Å². The Morgan fingerprint density at radius 3 is 2.79 bits per heavy atom. The first kappa shape index (κ1) is 13.4. The number of rotatable bonds is 3. The maximum Gasteiger partial charge on any atom is 0.166 e. The molecule has 1 aromatic heterocycles. The van der Waals surface area contributed by atoms with Crippen molar-refractivity contribution in [2.75, 3.05) is 5.88 Å². The fraction of sp³-hybridized carbons (Fsp3) is 0.200. The minimum atomic E-state index is 0.301. The molecule has 3 nitrogen and oxygen atoms in total. The van der Waals surface area contributed by atoms with Gasteiger partial charge in [-0.3, -0.25) is 0 Å². The number of aryl methyl sites for hydroxylation is 1. The summed E-state index contributed by atoms with van der Waals surface area (Å²) < 4.78 is 5.70. The van der Waals surface area contributed by atoms with Crippen LogP contribution < -0.4 is 4.74 Å². The third kappa shape index (κ3) is 3.97. The van der Waals surface area contributed by atoms with Gasteiger partial charge in [0.2, 0.25) is 0 Å². The lowest BCUT2D eigenvalue weighted by Crippen LogP contribution is -2.01. The van der Waals surface area contributed by atoms with E-state index in [0.717, 1.165) is 16.9 Å². The van der Waals surface area contributed by atoms with Crippen LogP contribution >= 0.6 is 11.6 Å². The number of aromatic nitrogens is 2. The Morgan fingerprint density at radius 1 is 1.26 bits per heavy atom. The minimum absolute atomic E-state index is 0.301. The second-order valence-corrected chi connectivity index (χ2v) is 4.16. The molecule has 0 radical (unpaired) electrons. The van der Waals surface area contributed by atoms with Gasteiger partial charge in [-0.05, 0) is 30.7 Å². The average Bonchev–Trinajstić information content (AvgIpc) is 2.45. The minimum Gasteiger partial charge on any atom is -0.484 e. The molecule has 1 aromatic carbocycles. The zero-order valence-electron chi connectivity index (χ0n) is 10.6. The van der Waals surface area contributed by atoms with E-state index in [9.17, 15) is 0 Å². The van der Waals surface area contributed by atoms with Gasteiger partial charge in [0.25, 0.3) is 0 Å². The summed E-state index contributed by atoms with van der Waals surface area (Å²) in [6.45, 7) is 2.33. The first-order valence-corrected chi connectivity index (χ1v) is 6.37. The second-order valence-electron chi connectivity index (χ2n) is 3.89. The highest BCUT2D eigenvalue weighted by Crippen LogP contribution is 2.19. The zero-order valence-corrected chi connectivity index (χ0v) is 11.3. The topological polar surface area (TPSA) is 35.0 Å². The van der Waals surface area contributed by atoms with E-state index in [0.29, 0.717) is 18.3 Å². The van der Waals surface area contributed by atoms with Crippen molar-refractivity contribution >= 4 is 11.6 Å². The molecule has 0 atom stereocenters. The van der Waals surface area contributed by atoms with E-state index in [1.165, 1.54) is 0 Å². The van der Waals surface area contributed by atoms with Crippen LogP contribution in [0.1, 0.15) is 17.0 Å². The number of hydrogen-bond donors (Lipinski definition) is 0. The summed E-state index contributed by atoms with van der Waals surface area (Å²) in [4.78, 5) is 8.22. The third-order valence-corrected chi connectivity index (χ3v) is 2.53. The van der Waals surface area contributed by atoms with Crippen LogP contribution in [0.15, 0.2) is 36.7 Å². The standard InChI is InChI=1S/C15H13ClN2O/c1-12-5-6-14(13(10-12)4-2-7-16)19-11-15-17-8-3-9-18-15/h3,5-6,8-10H,7,11H2,1H3. The highest BCUT2D eigenvalue weighted by Gasteiger charge is 2.03. The van der Waals surface area contributed by atoms with Crippen molar-refractivity contribution < 1.29 is 4.74 Å². The maximum atomic E-state index is 5.70. The van der Waals surface area contributed by atoms with Crippen LogP contribution in [0.2, 0.25) is 0 Å². The molecule has 4 heteroatoms. The van der Waals surface area contributed by atoms with E-state index in [4.69, 9.17) is 16.3 Å². The Morgan fingerprint density at radius 2 is 2.05 bits per heavy atom. The van der Waals surface area contributed by atoms with Crippen LogP contribution in [-0.2, 0) is 6.61 Å². The molecule has 19 heavy (non-hydrogen) atoms. The van der Waals surface area contributed by atoms with Gasteiger partial charge in [0, 0.05) is 12.4 Å². The van der Waals surface area contributed by atoms with Crippen molar-refractivity contribution in [3.63, 3.8) is 0 Å². The SMILES string of the molecule is Cc1ccc(OCc2ncccn2)c(C#CCCl)c1. The summed E-state index contributed by atoms with van der Waals surface area (Å²) in [5, 5.41) is 0. The summed E-state index contributed by atoms with van der Waals surface area (Å²) in [5.74, 6) is 7.48. The summed E-state index contributed by atoms with van der Waals surface area (Å²) in [7, 11) is 0. The molecule has 0 unspecified atom stereocenters. The highest BCUT2D eigenvalue weighted by molar-refractivity contribution is 6.19. The van der Waals surface area contributed by atoms with Crippen molar-refractivity contribution in [2.45, 2.75) is 13.5 Å². The molecule has 0 aliphatic rings. The molecule has 0 saturated heterocycles. The molecule has 2 aromatic rings. The lowest BCUT2D eigenvalue weighted by molar-refractivity contribution is 0.295. The van der Waals surface area contributed by atoms with Gasteiger partial charge in [0.15, 0.2) is 5.82 Å². The number of nitrogens with zero attached hydrogens (tertiary/aromatic N) is 2. The Kier molecular flexibility index (Phi) is 4.77. The van der Waals surface area contributed by atoms with E-state index < -0.39 is 0 Å². The number of hydrogen-bond acceptors (Lipinski definition) is 3. The predicted molar refractivity (Wildman–Crippen MR) is 75.1 cm³/mol. The molecule has 0 aliphatic carbocycles. The highest BCUT2D eigenvalue weighted by atomic mass is 35.5. The molecule has 0 bridgehead atoms. The number of ether oxygens (including phenoxy) is 1. The monoisotopic (exact) mass is 272 g/mol. The van der Waals surface area contributed by atoms with Crippen molar-refractivity contribution in [3.8, 4) is 17.6 Å². The molecule has 1 heterocycles. The summed E-state index contributed by atoms with van der Waals surface area (Å²) in [5.41, 5.74) is 1.96. The molecule has 96 valence electrons. The first-order chi connectivity index (χ1) is 9.29. The van der Waals surface area contributed by atoms with Gasteiger partial charge >= 0.3 is 0 Å². The summed E-state index contributed by atoms with van der Waals surface area (Å²) >= 11 is 5.58. The predicted octanol–water partition coefficient (Wildman–Crippen LogP) is 2.95. The van der Waals surface area contributed by atoms with E-state index >= 15 is 0 Å². The molecule has 2 rings (SSSR count). The molecular formula is C15H13ClN2O. The largest absolute Gasteiger partial charge is 0.484 e. The van der Waals surface area contributed by atoms with E-state index in [-0.39, 0.29) is 0 Å². The zero-order chi connectivity index (χ0) is 13.5. The van der Waals surface area contributed by atoms with Crippen LogP contribution in [0.25, 0.3) is 0 Å². The normalized spacial score (nSPS) is 9.58. The number of benzene rings is 1. The first-order valence-electron chi connectivity index (χ1n) is 5.84. The van der Waals surface area contributed by atoms with Gasteiger partial charge in [0.05, 0.1) is 11.4 Å². The van der Waals surface area contributed by atoms with Crippen LogP contribution in [0.4, 0.5) is 0 Å². The Bertz CT molecular complexity index is 603. The quantitative estimate of drug-likeness (QED) is 0.636. The van der Waals surface area contributed by atoms with Crippen molar-refractivity contribution in [3.05, 3.63) is 53.6 Å². The molecular weight excluding hydrogens is 260 g/mol. The van der Waals surface area contributed by atoms with Crippen LogP contribution in [-0.4, -0.2) is 15.8 Å². The second kappa shape index (κ2) is 6.77. The van der Waals surface area contributed by atoms with E-state index in [1.807, 2.05) is 25.1 Å². The van der Waals surface area contributed by atoms with E-state index in [2.05, 4.69) is 21.8 Å². The van der Waals surface area contributed by atoms with Gasteiger partial charge in [-0.15, -0.1) is 11.6 Å². The lowest BCUT2D eigenvalue weighted by atomic mass is 10.1. The van der Waals surface area contributed by atoms with Crippen molar-refractivity contribution in [2.24, 2.45) is 0 Å². The molecule has 0 saturated carbocycles. The van der Waals surface area contributed by atoms with Crippen molar-refractivity contribution in [1.82, 2.24) is 9.97 Å². The summed E-state index contributed by atoms with van der Waals surface area (Å²) in [6, 6.07) is 7.62. The van der Waals surface area contributed by atoms with Crippen LogP contribution in [0, 0.1) is 18.8 Å². The maximum absolute atomic E-state index is 5.70. The smallest absolute Gasteiger partial charge is 0.166 e. The number of alkyl halides is 1. The molecule has 0 aliphatic heterocycles. The Labute approximate surface area is 117 Å². The Hall–Kier alpha value is -2.05. The van der Waals surface area contributed by atoms with Gasteiger partial charge in [-0.1, -0.05) is 17.9 Å².